The lowest BCUT2D eigenvalue weighted by molar-refractivity contribution is 0.709. The van der Waals surface area contributed by atoms with E-state index in [-0.39, 0.29) is 0 Å². The molecule has 0 radical (unpaired) electrons. The molecule has 1 aliphatic rings. The fraction of sp³-hybridized carbons (Fsp3) is 0.500. The summed E-state index contributed by atoms with van der Waals surface area (Å²) in [5, 5.41) is 3.33. The summed E-state index contributed by atoms with van der Waals surface area (Å²) >= 11 is 0. The molecule has 0 fully saturated rings. The highest BCUT2D eigenvalue weighted by molar-refractivity contribution is 5.40. The highest BCUT2D eigenvalue weighted by Crippen LogP contribution is 2.17. The van der Waals surface area contributed by atoms with Gasteiger partial charge in [0.25, 0.3) is 0 Å². The first-order valence-corrected chi connectivity index (χ1v) is 5.11. The second-order valence-electron chi connectivity index (χ2n) is 3.25. The molecule has 1 aliphatic heterocycles. The van der Waals surface area contributed by atoms with Crippen molar-refractivity contribution in [3.8, 4) is 0 Å². The molecule has 0 aromatic heterocycles. The molecule has 13 heavy (non-hydrogen) atoms. The van der Waals surface area contributed by atoms with E-state index in [4.69, 9.17) is 0 Å². The maximum absolute atomic E-state index is 3.33. The molecule has 0 amide bonds. The molecule has 0 atom stereocenters. The molecule has 72 valence electrons. The number of allylic oxidation sites excluding steroid dienone is 4. The molecule has 1 nitrogen and oxygen atoms in total. The van der Waals surface area contributed by atoms with E-state index in [0.29, 0.717) is 0 Å². The van der Waals surface area contributed by atoms with Gasteiger partial charge in [-0.2, -0.15) is 0 Å². The SMILES string of the molecule is C/C=C\C(=C/CC)C1=CCNCC1. The highest BCUT2D eigenvalue weighted by atomic mass is 14.8. The molecule has 0 bridgehead atoms. The van der Waals surface area contributed by atoms with Crippen LogP contribution in [-0.4, -0.2) is 13.1 Å². The Hall–Kier alpha value is -0.820. The zero-order valence-corrected chi connectivity index (χ0v) is 8.64. The second-order valence-corrected chi connectivity index (χ2v) is 3.25. The molecule has 0 unspecified atom stereocenters. The quantitative estimate of drug-likeness (QED) is 0.654. The van der Waals surface area contributed by atoms with Gasteiger partial charge in [-0.05, 0) is 37.5 Å². The summed E-state index contributed by atoms with van der Waals surface area (Å²) in [6, 6.07) is 0. The Bertz CT molecular complexity index is 234. The summed E-state index contributed by atoms with van der Waals surface area (Å²) in [7, 11) is 0. The zero-order valence-electron chi connectivity index (χ0n) is 8.64. The minimum Gasteiger partial charge on any atom is -0.313 e. The van der Waals surface area contributed by atoms with Gasteiger partial charge in [-0.25, -0.2) is 0 Å². The molecular formula is C12H19N. The molecule has 1 N–H and O–H groups in total. The van der Waals surface area contributed by atoms with E-state index in [2.05, 4.69) is 43.5 Å². The highest BCUT2D eigenvalue weighted by Gasteiger charge is 2.04. The van der Waals surface area contributed by atoms with Crippen molar-refractivity contribution in [1.82, 2.24) is 5.32 Å². The first-order chi connectivity index (χ1) is 6.38. The molecule has 0 saturated carbocycles. The molecule has 0 aliphatic carbocycles. The van der Waals surface area contributed by atoms with Crippen LogP contribution < -0.4 is 5.32 Å². The Morgan fingerprint density at radius 1 is 1.62 bits per heavy atom. The molecule has 0 saturated heterocycles. The van der Waals surface area contributed by atoms with E-state index in [1.165, 1.54) is 11.1 Å². The van der Waals surface area contributed by atoms with Crippen molar-refractivity contribution in [2.24, 2.45) is 0 Å². The van der Waals surface area contributed by atoms with Crippen molar-refractivity contribution in [3.05, 3.63) is 35.5 Å². The van der Waals surface area contributed by atoms with E-state index >= 15 is 0 Å². The van der Waals surface area contributed by atoms with Crippen LogP contribution in [0, 0.1) is 0 Å². The fourth-order valence-electron chi connectivity index (χ4n) is 1.59. The number of hydrogen-bond donors (Lipinski definition) is 1. The van der Waals surface area contributed by atoms with Gasteiger partial charge in [-0.3, -0.25) is 0 Å². The molecule has 1 heterocycles. The van der Waals surface area contributed by atoms with Crippen LogP contribution in [0.3, 0.4) is 0 Å². The van der Waals surface area contributed by atoms with Crippen LogP contribution in [0.15, 0.2) is 35.5 Å². The van der Waals surface area contributed by atoms with Crippen molar-refractivity contribution >= 4 is 0 Å². The summed E-state index contributed by atoms with van der Waals surface area (Å²) in [4.78, 5) is 0. The van der Waals surface area contributed by atoms with Crippen LogP contribution in [0.25, 0.3) is 0 Å². The first-order valence-electron chi connectivity index (χ1n) is 5.11. The third-order valence-electron chi connectivity index (χ3n) is 2.20. The largest absolute Gasteiger partial charge is 0.313 e. The molecule has 0 aromatic rings. The van der Waals surface area contributed by atoms with Gasteiger partial charge >= 0.3 is 0 Å². The van der Waals surface area contributed by atoms with Crippen LogP contribution in [0.5, 0.6) is 0 Å². The second kappa shape index (κ2) is 5.76. The third-order valence-corrected chi connectivity index (χ3v) is 2.20. The predicted octanol–water partition coefficient (Wildman–Crippen LogP) is 2.82. The van der Waals surface area contributed by atoms with E-state index in [9.17, 15) is 0 Å². The normalized spacial score (nSPS) is 19.2. The van der Waals surface area contributed by atoms with Gasteiger partial charge in [0.15, 0.2) is 0 Å². The Kier molecular flexibility index (Phi) is 4.55. The Labute approximate surface area is 81.2 Å². The summed E-state index contributed by atoms with van der Waals surface area (Å²) in [5.74, 6) is 0. The molecule has 1 heteroatoms. The van der Waals surface area contributed by atoms with E-state index in [1.807, 2.05) is 0 Å². The number of rotatable bonds is 3. The van der Waals surface area contributed by atoms with Crippen LogP contribution in [0.1, 0.15) is 26.7 Å². The number of nitrogens with one attached hydrogen (secondary N) is 1. The van der Waals surface area contributed by atoms with Gasteiger partial charge in [0.1, 0.15) is 0 Å². The fourth-order valence-corrected chi connectivity index (χ4v) is 1.59. The predicted molar refractivity (Wildman–Crippen MR) is 58.8 cm³/mol. The van der Waals surface area contributed by atoms with Gasteiger partial charge in [-0.15, -0.1) is 0 Å². The number of hydrogen-bond acceptors (Lipinski definition) is 1. The van der Waals surface area contributed by atoms with Gasteiger partial charge in [-0.1, -0.05) is 31.2 Å². The van der Waals surface area contributed by atoms with E-state index in [0.717, 1.165) is 25.9 Å². The Balaban J connectivity index is 2.74. The van der Waals surface area contributed by atoms with E-state index < -0.39 is 0 Å². The van der Waals surface area contributed by atoms with Crippen LogP contribution in [0.2, 0.25) is 0 Å². The summed E-state index contributed by atoms with van der Waals surface area (Å²) in [6.45, 7) is 6.40. The standard InChI is InChI=1S/C12H19N/c1-3-5-11(6-4-2)12-7-9-13-10-8-12/h3,5-7,13H,4,8-10H2,1-2H3/b5-3-,11-6+. The molecular weight excluding hydrogens is 158 g/mol. The summed E-state index contributed by atoms with van der Waals surface area (Å²) in [5.41, 5.74) is 2.91. The van der Waals surface area contributed by atoms with Gasteiger partial charge in [0.2, 0.25) is 0 Å². The average Bonchev–Trinajstić information content (AvgIpc) is 2.19. The lowest BCUT2D eigenvalue weighted by atomic mass is 9.99. The topological polar surface area (TPSA) is 12.0 Å². The minimum atomic E-state index is 1.02. The summed E-state index contributed by atoms with van der Waals surface area (Å²) in [6.07, 6.45) is 11.2. The lowest BCUT2D eigenvalue weighted by Crippen LogP contribution is -2.20. The molecule has 1 rings (SSSR count). The first kappa shape index (κ1) is 10.3. The average molecular weight is 177 g/mol. The van der Waals surface area contributed by atoms with Crippen LogP contribution in [-0.2, 0) is 0 Å². The smallest absolute Gasteiger partial charge is 0.0140 e. The van der Waals surface area contributed by atoms with Crippen molar-refractivity contribution in [1.29, 1.82) is 0 Å². The van der Waals surface area contributed by atoms with Crippen molar-refractivity contribution in [2.45, 2.75) is 26.7 Å². The zero-order chi connectivity index (χ0) is 9.52. The maximum atomic E-state index is 3.33. The third kappa shape index (κ3) is 3.19. The monoisotopic (exact) mass is 177 g/mol. The maximum Gasteiger partial charge on any atom is 0.0140 e. The van der Waals surface area contributed by atoms with Crippen molar-refractivity contribution in [2.75, 3.05) is 13.1 Å². The Morgan fingerprint density at radius 2 is 2.46 bits per heavy atom. The van der Waals surface area contributed by atoms with Crippen LogP contribution >= 0.6 is 0 Å². The summed E-state index contributed by atoms with van der Waals surface area (Å²) < 4.78 is 0. The van der Waals surface area contributed by atoms with Crippen molar-refractivity contribution in [3.63, 3.8) is 0 Å². The molecule has 0 aromatic carbocycles. The minimum absolute atomic E-state index is 1.02. The van der Waals surface area contributed by atoms with Crippen molar-refractivity contribution < 1.29 is 0 Å². The van der Waals surface area contributed by atoms with Gasteiger partial charge in [0, 0.05) is 6.54 Å². The van der Waals surface area contributed by atoms with Crippen LogP contribution in [0.4, 0.5) is 0 Å². The van der Waals surface area contributed by atoms with E-state index in [1.54, 1.807) is 0 Å². The van der Waals surface area contributed by atoms with Gasteiger partial charge < -0.3 is 5.32 Å². The molecule has 0 spiro atoms. The van der Waals surface area contributed by atoms with Gasteiger partial charge in [0.05, 0.1) is 0 Å². The Morgan fingerprint density at radius 3 is 3.00 bits per heavy atom. The lowest BCUT2D eigenvalue weighted by Gasteiger charge is -2.14.